The van der Waals surface area contributed by atoms with E-state index in [9.17, 15) is 13.2 Å². The van der Waals surface area contributed by atoms with E-state index in [0.717, 1.165) is 6.42 Å². The quantitative estimate of drug-likeness (QED) is 0.881. The van der Waals surface area contributed by atoms with E-state index in [2.05, 4.69) is 9.71 Å². The molecule has 1 aromatic heterocycles. The maximum absolute atomic E-state index is 12.1. The van der Waals surface area contributed by atoms with Crippen molar-refractivity contribution in [1.29, 1.82) is 0 Å². The number of nitrogens with zero attached hydrogens (tertiary/aromatic N) is 2. The van der Waals surface area contributed by atoms with Crippen molar-refractivity contribution in [3.05, 3.63) is 12.0 Å². The van der Waals surface area contributed by atoms with Crippen LogP contribution in [0.2, 0.25) is 0 Å². The zero-order chi connectivity index (χ0) is 14.5. The number of hydrogen-bond acceptors (Lipinski definition) is 4. The van der Waals surface area contributed by atoms with Gasteiger partial charge in [0.05, 0.1) is 0 Å². The molecule has 0 aromatic carbocycles. The average Bonchev–Trinajstić information content (AvgIpc) is 3.23. The molecule has 2 aliphatic rings. The van der Waals surface area contributed by atoms with Gasteiger partial charge in [-0.1, -0.05) is 0 Å². The Bertz CT molecular complexity index is 646. The molecule has 0 aliphatic heterocycles. The van der Waals surface area contributed by atoms with Crippen molar-refractivity contribution in [1.82, 2.24) is 14.3 Å². The third-order valence-electron chi connectivity index (χ3n) is 4.21. The summed E-state index contributed by atoms with van der Waals surface area (Å²) in [6.07, 6.45) is 4.66. The Morgan fingerprint density at radius 3 is 2.75 bits per heavy atom. The van der Waals surface area contributed by atoms with E-state index in [4.69, 9.17) is 0 Å². The first-order valence-corrected chi connectivity index (χ1v) is 8.51. The number of aryl methyl sites for hydroxylation is 2. The van der Waals surface area contributed by atoms with E-state index >= 15 is 0 Å². The molecule has 0 spiro atoms. The summed E-state index contributed by atoms with van der Waals surface area (Å²) in [7, 11) is -3.84. The predicted molar refractivity (Wildman–Crippen MR) is 72.3 cm³/mol. The van der Waals surface area contributed by atoms with Crippen LogP contribution in [0.15, 0.2) is 11.2 Å². The first kappa shape index (κ1) is 13.6. The van der Waals surface area contributed by atoms with Crippen molar-refractivity contribution in [2.45, 2.75) is 44.7 Å². The molecule has 3 rings (SSSR count). The first-order chi connectivity index (χ1) is 9.42. The molecule has 1 heterocycles. The Labute approximate surface area is 118 Å². The molecule has 6 nitrogen and oxygen atoms in total. The van der Waals surface area contributed by atoms with Crippen LogP contribution in [-0.4, -0.2) is 23.9 Å². The van der Waals surface area contributed by atoms with Crippen molar-refractivity contribution in [2.24, 2.45) is 17.8 Å². The van der Waals surface area contributed by atoms with E-state index in [1.165, 1.54) is 19.0 Å². The van der Waals surface area contributed by atoms with Crippen LogP contribution in [-0.2, 0) is 21.4 Å². The Hall–Kier alpha value is -1.37. The SMILES string of the molecule is CCn1cc(S(=O)(=O)NC(=O)[C@H]2C[C@@H]2C2CC2)nc1C. The highest BCUT2D eigenvalue weighted by Gasteiger charge is 2.51. The van der Waals surface area contributed by atoms with Crippen LogP contribution in [0, 0.1) is 24.7 Å². The molecule has 2 aliphatic carbocycles. The molecule has 2 saturated carbocycles. The fraction of sp³-hybridized carbons (Fsp3) is 0.692. The average molecular weight is 297 g/mol. The Morgan fingerprint density at radius 1 is 1.50 bits per heavy atom. The molecular formula is C13H19N3O3S. The zero-order valence-corrected chi connectivity index (χ0v) is 12.5. The highest BCUT2D eigenvalue weighted by atomic mass is 32.2. The summed E-state index contributed by atoms with van der Waals surface area (Å²) in [5.41, 5.74) is 0. The van der Waals surface area contributed by atoms with Gasteiger partial charge in [-0.05, 0) is 44.9 Å². The van der Waals surface area contributed by atoms with Gasteiger partial charge in [0.2, 0.25) is 5.91 Å². The smallest absolute Gasteiger partial charge is 0.283 e. The van der Waals surface area contributed by atoms with Gasteiger partial charge in [0.25, 0.3) is 10.0 Å². The summed E-state index contributed by atoms with van der Waals surface area (Å²) >= 11 is 0. The van der Waals surface area contributed by atoms with Gasteiger partial charge in [0.1, 0.15) is 5.82 Å². The fourth-order valence-corrected chi connectivity index (χ4v) is 3.79. The molecule has 2 atom stereocenters. The molecule has 110 valence electrons. The minimum atomic E-state index is -3.84. The van der Waals surface area contributed by atoms with Crippen LogP contribution >= 0.6 is 0 Å². The van der Waals surface area contributed by atoms with Gasteiger partial charge in [-0.25, -0.2) is 9.71 Å². The summed E-state index contributed by atoms with van der Waals surface area (Å²) in [6, 6.07) is 0. The number of amides is 1. The van der Waals surface area contributed by atoms with Gasteiger partial charge >= 0.3 is 0 Å². The maximum Gasteiger partial charge on any atom is 0.283 e. The van der Waals surface area contributed by atoms with E-state index in [1.54, 1.807) is 11.5 Å². The highest BCUT2D eigenvalue weighted by molar-refractivity contribution is 7.90. The second kappa shape index (κ2) is 4.58. The maximum atomic E-state index is 12.1. The van der Waals surface area contributed by atoms with Crippen molar-refractivity contribution >= 4 is 15.9 Å². The van der Waals surface area contributed by atoms with Crippen LogP contribution in [0.5, 0.6) is 0 Å². The normalized spacial score (nSPS) is 25.5. The Morgan fingerprint density at radius 2 is 2.20 bits per heavy atom. The molecule has 0 radical (unpaired) electrons. The van der Waals surface area contributed by atoms with E-state index in [-0.39, 0.29) is 16.9 Å². The Balaban J connectivity index is 1.70. The van der Waals surface area contributed by atoms with E-state index in [0.29, 0.717) is 24.2 Å². The van der Waals surface area contributed by atoms with Gasteiger partial charge < -0.3 is 4.57 Å². The second-order valence-electron chi connectivity index (χ2n) is 5.73. The summed E-state index contributed by atoms with van der Waals surface area (Å²) in [6.45, 7) is 4.30. The highest BCUT2D eigenvalue weighted by Crippen LogP contribution is 2.54. The van der Waals surface area contributed by atoms with Crippen molar-refractivity contribution in [2.75, 3.05) is 0 Å². The lowest BCUT2D eigenvalue weighted by atomic mass is 10.2. The lowest BCUT2D eigenvalue weighted by molar-refractivity contribution is -0.120. The largest absolute Gasteiger partial charge is 0.334 e. The first-order valence-electron chi connectivity index (χ1n) is 7.03. The number of carbonyl (C=O) groups is 1. The molecule has 0 bridgehead atoms. The summed E-state index contributed by atoms with van der Waals surface area (Å²) in [4.78, 5) is 16.0. The predicted octanol–water partition coefficient (Wildman–Crippen LogP) is 1.06. The van der Waals surface area contributed by atoms with Crippen LogP contribution in [0.3, 0.4) is 0 Å². The molecule has 1 amide bonds. The van der Waals surface area contributed by atoms with Crippen molar-refractivity contribution in [3.63, 3.8) is 0 Å². The third-order valence-corrected chi connectivity index (χ3v) is 5.43. The van der Waals surface area contributed by atoms with Crippen LogP contribution < -0.4 is 4.72 Å². The van der Waals surface area contributed by atoms with Crippen molar-refractivity contribution < 1.29 is 13.2 Å². The summed E-state index contributed by atoms with van der Waals surface area (Å²) in [5, 5.41) is -0.0752. The summed E-state index contributed by atoms with van der Waals surface area (Å²) < 4.78 is 28.2. The topological polar surface area (TPSA) is 81.1 Å². The summed E-state index contributed by atoms with van der Waals surface area (Å²) in [5.74, 6) is 1.19. The molecule has 2 fully saturated rings. The monoisotopic (exact) mass is 297 g/mol. The molecule has 1 N–H and O–H groups in total. The van der Waals surface area contributed by atoms with Gasteiger partial charge in [-0.3, -0.25) is 4.79 Å². The number of imidazole rings is 1. The zero-order valence-electron chi connectivity index (χ0n) is 11.7. The molecular weight excluding hydrogens is 278 g/mol. The number of rotatable bonds is 5. The number of carbonyl (C=O) groups excluding carboxylic acids is 1. The lowest BCUT2D eigenvalue weighted by Gasteiger charge is -2.03. The van der Waals surface area contributed by atoms with Gasteiger partial charge in [-0.15, -0.1) is 0 Å². The van der Waals surface area contributed by atoms with Crippen LogP contribution in [0.1, 0.15) is 32.0 Å². The number of sulfonamides is 1. The molecule has 7 heteroatoms. The minimum Gasteiger partial charge on any atom is -0.334 e. The number of hydrogen-bond donors (Lipinski definition) is 1. The van der Waals surface area contributed by atoms with Gasteiger partial charge in [0, 0.05) is 18.7 Å². The number of aromatic nitrogens is 2. The molecule has 0 saturated heterocycles. The van der Waals surface area contributed by atoms with Gasteiger partial charge in [0.15, 0.2) is 5.03 Å². The second-order valence-corrected chi connectivity index (χ2v) is 7.35. The van der Waals surface area contributed by atoms with Crippen molar-refractivity contribution in [3.8, 4) is 0 Å². The molecule has 20 heavy (non-hydrogen) atoms. The Kier molecular flexibility index (Phi) is 3.12. The van der Waals surface area contributed by atoms with Crippen LogP contribution in [0.25, 0.3) is 0 Å². The standard InChI is InChI=1S/C13H19N3O3S/c1-3-16-7-12(14-8(16)2)20(18,19)15-13(17)11-6-10(11)9-4-5-9/h7,9-11H,3-6H2,1-2H3,(H,15,17)/t10-,11+/m1/s1. The minimum absolute atomic E-state index is 0.0752. The molecule has 0 unspecified atom stereocenters. The van der Waals surface area contributed by atoms with Gasteiger partial charge in [-0.2, -0.15) is 8.42 Å². The molecule has 1 aromatic rings. The number of nitrogens with one attached hydrogen (secondary N) is 1. The fourth-order valence-electron chi connectivity index (χ4n) is 2.75. The lowest BCUT2D eigenvalue weighted by Crippen LogP contribution is -2.32. The third kappa shape index (κ3) is 2.46. The van der Waals surface area contributed by atoms with Crippen LogP contribution in [0.4, 0.5) is 0 Å². The van der Waals surface area contributed by atoms with E-state index < -0.39 is 10.0 Å². The van der Waals surface area contributed by atoms with E-state index in [1.807, 2.05) is 6.92 Å².